The highest BCUT2D eigenvalue weighted by Gasteiger charge is 2.27. The molecule has 31 heavy (non-hydrogen) atoms. The van der Waals surface area contributed by atoms with Crippen LogP contribution in [0, 0.1) is 10.8 Å². The molecule has 0 saturated carbocycles. The number of carbonyl (C=O) groups excluding carboxylic acids is 2. The summed E-state index contributed by atoms with van der Waals surface area (Å²) in [6.45, 7) is 23.1. The van der Waals surface area contributed by atoms with E-state index in [9.17, 15) is 9.59 Å². The van der Waals surface area contributed by atoms with Crippen molar-refractivity contribution in [3.63, 3.8) is 0 Å². The molecule has 0 aromatic heterocycles. The maximum absolute atomic E-state index is 11.7. The van der Waals surface area contributed by atoms with E-state index in [4.69, 9.17) is 9.47 Å². The topological polar surface area (TPSA) is 59.1 Å². The van der Waals surface area contributed by atoms with E-state index in [0.717, 1.165) is 52.1 Å². The van der Waals surface area contributed by atoms with Gasteiger partial charge in [-0.05, 0) is 79.6 Å². The monoisotopic (exact) mass is 442 g/mol. The lowest BCUT2D eigenvalue weighted by molar-refractivity contribution is -0.155. The first-order chi connectivity index (χ1) is 14.5. The van der Waals surface area contributed by atoms with Crippen LogP contribution in [0.15, 0.2) is 0 Å². The highest BCUT2D eigenvalue weighted by atomic mass is 16.5. The third-order valence-electron chi connectivity index (χ3n) is 6.50. The fraction of sp³-hybridized carbons (Fsp3) is 0.920. The van der Waals surface area contributed by atoms with Crippen LogP contribution in [0.3, 0.4) is 0 Å². The van der Waals surface area contributed by atoms with Crippen molar-refractivity contribution in [3.05, 3.63) is 0 Å². The van der Waals surface area contributed by atoms with Gasteiger partial charge in [0.1, 0.15) is 13.2 Å². The first kappa shape index (κ1) is 29.9. The van der Waals surface area contributed by atoms with E-state index in [-0.39, 0.29) is 22.8 Å². The minimum absolute atomic E-state index is 0.0630. The number of hydrogen-bond acceptors (Lipinski definition) is 6. The van der Waals surface area contributed by atoms with Crippen LogP contribution in [-0.2, 0) is 19.1 Å². The number of carbonyl (C=O) groups is 2. The van der Waals surface area contributed by atoms with Crippen LogP contribution >= 0.6 is 0 Å². The number of likely N-dealkylation sites (N-methyl/N-ethyl adjacent to an activating group) is 1. The second-order valence-corrected chi connectivity index (χ2v) is 9.68. The molecular weight excluding hydrogens is 392 g/mol. The van der Waals surface area contributed by atoms with E-state index in [1.807, 2.05) is 41.5 Å². The molecule has 1 rings (SSSR count). The summed E-state index contributed by atoms with van der Waals surface area (Å²) in [5.41, 5.74) is -0.675. The van der Waals surface area contributed by atoms with E-state index in [1.165, 1.54) is 19.3 Å². The molecular formula is C25H50N2O4. The molecule has 1 fully saturated rings. The predicted octanol–water partition coefficient (Wildman–Crippen LogP) is 4.76. The first-order valence-corrected chi connectivity index (χ1v) is 12.3. The minimum atomic E-state index is -0.344. The lowest BCUT2D eigenvalue weighted by Crippen LogP contribution is -2.34. The average molecular weight is 443 g/mol. The Morgan fingerprint density at radius 3 is 1.65 bits per heavy atom. The zero-order valence-electron chi connectivity index (χ0n) is 21.7. The van der Waals surface area contributed by atoms with Gasteiger partial charge in [0.25, 0.3) is 0 Å². The van der Waals surface area contributed by atoms with Gasteiger partial charge < -0.3 is 14.4 Å². The van der Waals surface area contributed by atoms with Gasteiger partial charge >= 0.3 is 11.9 Å². The van der Waals surface area contributed by atoms with Gasteiger partial charge in [0.15, 0.2) is 0 Å². The average Bonchev–Trinajstić information content (AvgIpc) is 2.77. The number of ether oxygens (including phenoxy) is 2. The van der Waals surface area contributed by atoms with Crippen molar-refractivity contribution in [2.75, 3.05) is 52.5 Å². The second-order valence-electron chi connectivity index (χ2n) is 9.68. The van der Waals surface area contributed by atoms with Crippen LogP contribution in [0.1, 0.15) is 87.5 Å². The molecule has 0 unspecified atom stereocenters. The van der Waals surface area contributed by atoms with Crippen molar-refractivity contribution in [1.29, 1.82) is 0 Å². The Hall–Kier alpha value is -1.14. The van der Waals surface area contributed by atoms with Gasteiger partial charge in [-0.15, -0.1) is 0 Å². The van der Waals surface area contributed by atoms with Crippen LogP contribution in [-0.4, -0.2) is 74.2 Å². The van der Waals surface area contributed by atoms with Crippen molar-refractivity contribution >= 4 is 11.9 Å². The summed E-state index contributed by atoms with van der Waals surface area (Å²) < 4.78 is 10.6. The zero-order chi connectivity index (χ0) is 23.9. The normalized spacial score (nSPS) is 15.3. The number of piperidine rings is 1. The van der Waals surface area contributed by atoms with Gasteiger partial charge in [-0.25, -0.2) is 0 Å². The van der Waals surface area contributed by atoms with Crippen LogP contribution in [0.5, 0.6) is 0 Å². The molecule has 0 aromatic carbocycles. The number of rotatable bonds is 12. The molecule has 1 aliphatic heterocycles. The smallest absolute Gasteiger partial charge is 0.311 e. The highest BCUT2D eigenvalue weighted by molar-refractivity contribution is 5.76. The SMILES string of the molecule is CCC(C)(C)C(=O)OCCN1CCCCC1.CCN(CC)CCOC(=O)C(C)(C)CC. The molecule has 0 N–H and O–H groups in total. The largest absolute Gasteiger partial charge is 0.464 e. The summed E-state index contributed by atoms with van der Waals surface area (Å²) in [6, 6.07) is 0. The van der Waals surface area contributed by atoms with E-state index in [1.54, 1.807) is 0 Å². The summed E-state index contributed by atoms with van der Waals surface area (Å²) in [7, 11) is 0. The van der Waals surface area contributed by atoms with Crippen LogP contribution in [0.25, 0.3) is 0 Å². The summed E-state index contributed by atoms with van der Waals surface area (Å²) in [6.07, 6.45) is 5.56. The molecule has 0 amide bonds. The Morgan fingerprint density at radius 2 is 1.23 bits per heavy atom. The number of likely N-dealkylation sites (tertiary alicyclic amines) is 1. The maximum atomic E-state index is 11.7. The fourth-order valence-electron chi connectivity index (χ4n) is 2.94. The summed E-state index contributed by atoms with van der Waals surface area (Å²) >= 11 is 0. The maximum Gasteiger partial charge on any atom is 0.311 e. The molecule has 184 valence electrons. The molecule has 0 atom stereocenters. The Bertz CT molecular complexity index is 496. The summed E-state index contributed by atoms with van der Waals surface area (Å²) in [5.74, 6) is -0.149. The van der Waals surface area contributed by atoms with Gasteiger partial charge in [-0.2, -0.15) is 0 Å². The quantitative estimate of drug-likeness (QED) is 0.406. The molecule has 1 saturated heterocycles. The van der Waals surface area contributed by atoms with Gasteiger partial charge in [0.05, 0.1) is 10.8 Å². The van der Waals surface area contributed by atoms with Crippen molar-refractivity contribution in [3.8, 4) is 0 Å². The standard InChI is InChI=1S/C13H25NO2.C12H25NO2/c1-4-13(2,3)12(15)16-11-10-14-8-6-5-7-9-14;1-6-12(4,5)11(14)15-10-9-13(7-2)8-3/h4-11H2,1-3H3;6-10H2,1-5H3. The molecule has 0 radical (unpaired) electrons. The number of hydrogen-bond donors (Lipinski definition) is 0. The first-order valence-electron chi connectivity index (χ1n) is 12.3. The summed E-state index contributed by atoms with van der Waals surface area (Å²) in [4.78, 5) is 27.9. The van der Waals surface area contributed by atoms with E-state index < -0.39 is 0 Å². The van der Waals surface area contributed by atoms with E-state index in [2.05, 4.69) is 23.6 Å². The molecule has 6 nitrogen and oxygen atoms in total. The fourth-order valence-corrected chi connectivity index (χ4v) is 2.94. The molecule has 0 spiro atoms. The van der Waals surface area contributed by atoms with Gasteiger partial charge in [-0.1, -0.05) is 34.1 Å². The Morgan fingerprint density at radius 1 is 0.774 bits per heavy atom. The van der Waals surface area contributed by atoms with Crippen LogP contribution < -0.4 is 0 Å². The molecule has 6 heteroatoms. The molecule has 0 aromatic rings. The van der Waals surface area contributed by atoms with Crippen molar-refractivity contribution < 1.29 is 19.1 Å². The van der Waals surface area contributed by atoms with Gasteiger partial charge in [0.2, 0.25) is 0 Å². The van der Waals surface area contributed by atoms with Gasteiger partial charge in [0, 0.05) is 13.1 Å². The molecule has 1 aliphatic rings. The van der Waals surface area contributed by atoms with E-state index in [0.29, 0.717) is 13.2 Å². The molecule has 0 bridgehead atoms. The van der Waals surface area contributed by atoms with Crippen LogP contribution in [0.4, 0.5) is 0 Å². The molecule has 1 heterocycles. The predicted molar refractivity (Wildman–Crippen MR) is 128 cm³/mol. The third-order valence-corrected chi connectivity index (χ3v) is 6.50. The van der Waals surface area contributed by atoms with Crippen molar-refractivity contribution in [2.24, 2.45) is 10.8 Å². The minimum Gasteiger partial charge on any atom is -0.464 e. The Balaban J connectivity index is 0.000000582. The number of esters is 2. The zero-order valence-corrected chi connectivity index (χ0v) is 21.7. The Labute approximate surface area is 192 Å². The second kappa shape index (κ2) is 15.6. The lowest BCUT2D eigenvalue weighted by atomic mass is 9.91. The highest BCUT2D eigenvalue weighted by Crippen LogP contribution is 2.22. The van der Waals surface area contributed by atoms with Crippen molar-refractivity contribution in [1.82, 2.24) is 9.80 Å². The Kier molecular flexibility index (Phi) is 15.1. The molecule has 0 aliphatic carbocycles. The summed E-state index contributed by atoms with van der Waals surface area (Å²) in [5, 5.41) is 0. The van der Waals surface area contributed by atoms with Gasteiger partial charge in [-0.3, -0.25) is 14.5 Å². The van der Waals surface area contributed by atoms with Crippen molar-refractivity contribution in [2.45, 2.75) is 87.5 Å². The third kappa shape index (κ3) is 12.5. The van der Waals surface area contributed by atoms with Crippen LogP contribution in [0.2, 0.25) is 0 Å². The number of nitrogens with zero attached hydrogens (tertiary/aromatic N) is 2. The van der Waals surface area contributed by atoms with E-state index >= 15 is 0 Å². The lowest BCUT2D eigenvalue weighted by Gasteiger charge is -2.27.